The fourth-order valence-corrected chi connectivity index (χ4v) is 1.21. The summed E-state index contributed by atoms with van der Waals surface area (Å²) in [5, 5.41) is 10.6. The number of hydrogen-bond acceptors (Lipinski definition) is 4. The van der Waals surface area contributed by atoms with E-state index in [4.69, 9.17) is 0 Å². The molecule has 0 unspecified atom stereocenters. The first-order valence-electron chi connectivity index (χ1n) is 3.72. The van der Waals surface area contributed by atoms with E-state index in [1.54, 1.807) is 0 Å². The van der Waals surface area contributed by atoms with Crippen LogP contribution in [-0.4, -0.2) is 17.4 Å². The molecule has 0 saturated heterocycles. The van der Waals surface area contributed by atoms with Crippen molar-refractivity contribution in [1.29, 1.82) is 0 Å². The minimum absolute atomic E-state index is 0.782. The lowest BCUT2D eigenvalue weighted by Crippen LogP contribution is -1.90. The molecule has 1 aromatic heterocycles. The molecule has 0 radical (unpaired) electrons. The van der Waals surface area contributed by atoms with Crippen LogP contribution in [-0.2, 0) is 0 Å². The van der Waals surface area contributed by atoms with Crippen molar-refractivity contribution in [2.24, 2.45) is 0 Å². The maximum absolute atomic E-state index is 4.59. The monoisotopic (exact) mass is 163 g/mol. The zero-order chi connectivity index (χ0) is 8.55. The molecule has 2 aromatic rings. The van der Waals surface area contributed by atoms with E-state index in [9.17, 15) is 0 Å². The first kappa shape index (κ1) is 7.09. The number of nitrogens with zero attached hydrogens (tertiary/aromatic N) is 2. The van der Waals surface area contributed by atoms with Crippen LogP contribution in [0.3, 0.4) is 0 Å². The number of nitrogens with one attached hydrogen (secondary N) is 1. The molecule has 0 aliphatic heterocycles. The van der Waals surface area contributed by atoms with Crippen LogP contribution in [0.1, 0.15) is 5.56 Å². The third kappa shape index (κ3) is 0.922. The van der Waals surface area contributed by atoms with Gasteiger partial charge in [0.25, 0.3) is 0 Å². The number of aryl methyl sites for hydroxylation is 1. The number of anilines is 1. The fourth-order valence-electron chi connectivity index (χ4n) is 1.21. The van der Waals surface area contributed by atoms with Gasteiger partial charge in [-0.1, -0.05) is 0 Å². The Morgan fingerprint density at radius 2 is 1.92 bits per heavy atom. The maximum atomic E-state index is 4.59. The van der Waals surface area contributed by atoms with E-state index in [2.05, 4.69) is 20.3 Å². The van der Waals surface area contributed by atoms with Crippen molar-refractivity contribution in [1.82, 2.24) is 10.3 Å². The van der Waals surface area contributed by atoms with Crippen molar-refractivity contribution < 1.29 is 4.63 Å². The Morgan fingerprint density at radius 3 is 2.58 bits per heavy atom. The highest BCUT2D eigenvalue weighted by molar-refractivity contribution is 5.79. The zero-order valence-electron chi connectivity index (χ0n) is 6.96. The lowest BCUT2D eigenvalue weighted by Gasteiger charge is -2.02. The van der Waals surface area contributed by atoms with Gasteiger partial charge in [-0.05, 0) is 34.9 Å². The third-order valence-electron chi connectivity index (χ3n) is 1.87. The molecule has 0 atom stereocenters. The first-order chi connectivity index (χ1) is 5.81. The second-order valence-electron chi connectivity index (χ2n) is 2.67. The summed E-state index contributed by atoms with van der Waals surface area (Å²) in [6.45, 7) is 2.01. The second kappa shape index (κ2) is 2.48. The van der Waals surface area contributed by atoms with E-state index in [-0.39, 0.29) is 0 Å². The van der Waals surface area contributed by atoms with Crippen molar-refractivity contribution in [3.05, 3.63) is 17.7 Å². The Hall–Kier alpha value is -1.58. The van der Waals surface area contributed by atoms with Crippen LogP contribution in [0.25, 0.3) is 11.0 Å². The summed E-state index contributed by atoms with van der Waals surface area (Å²) < 4.78 is 4.59. The van der Waals surface area contributed by atoms with Crippen LogP contribution in [0.15, 0.2) is 16.8 Å². The molecule has 62 valence electrons. The van der Waals surface area contributed by atoms with Gasteiger partial charge in [0.1, 0.15) is 11.0 Å². The molecule has 12 heavy (non-hydrogen) atoms. The predicted molar refractivity (Wildman–Crippen MR) is 46.1 cm³/mol. The average Bonchev–Trinajstić information content (AvgIpc) is 2.49. The van der Waals surface area contributed by atoms with E-state index in [0.29, 0.717) is 0 Å². The average molecular weight is 163 g/mol. The molecule has 2 rings (SSSR count). The van der Waals surface area contributed by atoms with Gasteiger partial charge < -0.3 is 5.32 Å². The standard InChI is InChI=1S/C8H9N3O/c1-5-3-7-8(11-12-10-7)4-6(5)9-2/h3-4,9H,1-2H3. The topological polar surface area (TPSA) is 51.0 Å². The Labute approximate surface area is 69.5 Å². The van der Waals surface area contributed by atoms with Crippen molar-refractivity contribution >= 4 is 16.7 Å². The minimum atomic E-state index is 0.782. The van der Waals surface area contributed by atoms with Crippen LogP contribution in [0.5, 0.6) is 0 Å². The number of hydrogen-bond donors (Lipinski definition) is 1. The molecule has 0 fully saturated rings. The van der Waals surface area contributed by atoms with E-state index in [0.717, 1.165) is 22.3 Å². The van der Waals surface area contributed by atoms with Crippen molar-refractivity contribution in [2.45, 2.75) is 6.92 Å². The van der Waals surface area contributed by atoms with Crippen molar-refractivity contribution in [2.75, 3.05) is 12.4 Å². The molecule has 0 aliphatic carbocycles. The molecule has 1 N–H and O–H groups in total. The van der Waals surface area contributed by atoms with Gasteiger partial charge in [-0.25, -0.2) is 4.63 Å². The first-order valence-corrected chi connectivity index (χ1v) is 3.72. The SMILES string of the molecule is CNc1cc2nonc2cc1C. The number of fused-ring (bicyclic) bond motifs is 1. The predicted octanol–water partition coefficient (Wildman–Crippen LogP) is 1.57. The highest BCUT2D eigenvalue weighted by Gasteiger charge is 2.03. The summed E-state index contributed by atoms with van der Waals surface area (Å²) in [6.07, 6.45) is 0. The van der Waals surface area contributed by atoms with Crippen LogP contribution in [0, 0.1) is 6.92 Å². The van der Waals surface area contributed by atoms with E-state index in [1.165, 1.54) is 0 Å². The molecule has 0 amide bonds. The van der Waals surface area contributed by atoms with Crippen molar-refractivity contribution in [3.63, 3.8) is 0 Å². The van der Waals surface area contributed by atoms with Gasteiger partial charge in [0, 0.05) is 12.7 Å². The number of benzene rings is 1. The third-order valence-corrected chi connectivity index (χ3v) is 1.87. The summed E-state index contributed by atoms with van der Waals surface area (Å²) in [6, 6.07) is 3.86. The van der Waals surface area contributed by atoms with Gasteiger partial charge in [-0.3, -0.25) is 0 Å². The normalized spacial score (nSPS) is 10.5. The molecule has 0 aliphatic rings. The summed E-state index contributed by atoms with van der Waals surface area (Å²) in [5.41, 5.74) is 3.77. The van der Waals surface area contributed by atoms with Crippen molar-refractivity contribution in [3.8, 4) is 0 Å². The lowest BCUT2D eigenvalue weighted by atomic mass is 10.2. The summed E-state index contributed by atoms with van der Waals surface area (Å²) in [5.74, 6) is 0. The van der Waals surface area contributed by atoms with Crippen LogP contribution in [0.2, 0.25) is 0 Å². The molecule has 1 heterocycles. The molecule has 4 heteroatoms. The largest absolute Gasteiger partial charge is 0.388 e. The molecule has 1 aromatic carbocycles. The van der Waals surface area contributed by atoms with E-state index in [1.807, 2.05) is 26.1 Å². The van der Waals surface area contributed by atoms with Gasteiger partial charge >= 0.3 is 0 Å². The van der Waals surface area contributed by atoms with Gasteiger partial charge in [0.2, 0.25) is 0 Å². The van der Waals surface area contributed by atoms with E-state index >= 15 is 0 Å². The minimum Gasteiger partial charge on any atom is -0.388 e. The van der Waals surface area contributed by atoms with Gasteiger partial charge in [0.05, 0.1) is 0 Å². The maximum Gasteiger partial charge on any atom is 0.137 e. The lowest BCUT2D eigenvalue weighted by molar-refractivity contribution is 0.315. The summed E-state index contributed by atoms with van der Waals surface area (Å²) >= 11 is 0. The number of aromatic nitrogens is 2. The second-order valence-corrected chi connectivity index (χ2v) is 2.67. The van der Waals surface area contributed by atoms with Crippen LogP contribution >= 0.6 is 0 Å². The fraction of sp³-hybridized carbons (Fsp3) is 0.250. The van der Waals surface area contributed by atoms with Gasteiger partial charge in [-0.15, -0.1) is 0 Å². The quantitative estimate of drug-likeness (QED) is 0.693. The molecule has 4 nitrogen and oxygen atoms in total. The van der Waals surface area contributed by atoms with Gasteiger partial charge in [-0.2, -0.15) is 0 Å². The summed E-state index contributed by atoms with van der Waals surface area (Å²) in [4.78, 5) is 0. The van der Waals surface area contributed by atoms with Gasteiger partial charge in [0.15, 0.2) is 0 Å². The Morgan fingerprint density at radius 1 is 1.25 bits per heavy atom. The molecular formula is C8H9N3O. The molecule has 0 spiro atoms. The van der Waals surface area contributed by atoms with E-state index < -0.39 is 0 Å². The van der Waals surface area contributed by atoms with Crippen LogP contribution < -0.4 is 5.32 Å². The summed E-state index contributed by atoms with van der Waals surface area (Å²) in [7, 11) is 1.88. The number of rotatable bonds is 1. The Kier molecular flexibility index (Phi) is 1.46. The Balaban J connectivity index is 2.73. The molecular weight excluding hydrogens is 154 g/mol. The zero-order valence-corrected chi connectivity index (χ0v) is 6.96. The highest BCUT2D eigenvalue weighted by Crippen LogP contribution is 2.19. The van der Waals surface area contributed by atoms with Crippen LogP contribution in [0.4, 0.5) is 5.69 Å². The molecule has 0 saturated carbocycles. The Bertz CT molecular complexity index is 408. The molecule has 0 bridgehead atoms. The smallest absolute Gasteiger partial charge is 0.137 e. The highest BCUT2D eigenvalue weighted by atomic mass is 16.6.